The number of aryl methyl sites for hydroxylation is 2. The van der Waals surface area contributed by atoms with Crippen molar-refractivity contribution in [2.75, 3.05) is 16.8 Å². The number of carbonyl (C=O) groups excluding carboxylic acids is 2. The molecule has 2 amide bonds. The monoisotopic (exact) mass is 386 g/mol. The van der Waals surface area contributed by atoms with Gasteiger partial charge in [0.15, 0.2) is 0 Å². The predicted octanol–water partition coefficient (Wildman–Crippen LogP) is 3.93. The van der Waals surface area contributed by atoms with Crippen LogP contribution in [0.1, 0.15) is 24.5 Å². The molecule has 1 N–H and O–H groups in total. The van der Waals surface area contributed by atoms with Crippen LogP contribution in [0.5, 0.6) is 0 Å². The second-order valence-corrected chi connectivity index (χ2v) is 6.77. The third-order valence-corrected chi connectivity index (χ3v) is 4.66. The van der Waals surface area contributed by atoms with E-state index in [0.29, 0.717) is 12.8 Å². The molecule has 24 heavy (non-hydrogen) atoms. The lowest BCUT2D eigenvalue weighted by Gasteiger charge is -2.29. The Kier molecular flexibility index (Phi) is 5.00. The van der Waals surface area contributed by atoms with E-state index in [4.69, 9.17) is 0 Å². The minimum absolute atomic E-state index is 0.0118. The predicted molar refractivity (Wildman–Crippen MR) is 99.3 cm³/mol. The zero-order valence-corrected chi connectivity index (χ0v) is 15.1. The number of carbonyl (C=O) groups is 2. The average molecular weight is 387 g/mol. The van der Waals surface area contributed by atoms with E-state index < -0.39 is 0 Å². The molecular formula is C19H19BrN2O2. The fraction of sp³-hybridized carbons (Fsp3) is 0.263. The summed E-state index contributed by atoms with van der Waals surface area (Å²) in [6.45, 7) is 2.10. The van der Waals surface area contributed by atoms with Gasteiger partial charge >= 0.3 is 0 Å². The lowest BCUT2D eigenvalue weighted by atomic mass is 10.0. The Morgan fingerprint density at radius 1 is 1.21 bits per heavy atom. The molecule has 0 saturated heterocycles. The maximum Gasteiger partial charge on any atom is 0.244 e. The van der Waals surface area contributed by atoms with E-state index >= 15 is 0 Å². The van der Waals surface area contributed by atoms with Crippen molar-refractivity contribution in [1.29, 1.82) is 0 Å². The quantitative estimate of drug-likeness (QED) is 0.864. The molecule has 124 valence electrons. The highest BCUT2D eigenvalue weighted by molar-refractivity contribution is 9.10. The highest BCUT2D eigenvalue weighted by atomic mass is 79.9. The molecule has 0 radical (unpaired) electrons. The number of hydrogen-bond acceptors (Lipinski definition) is 2. The van der Waals surface area contributed by atoms with Crippen LogP contribution in [0.25, 0.3) is 0 Å². The van der Waals surface area contributed by atoms with Gasteiger partial charge in [0.25, 0.3) is 0 Å². The summed E-state index contributed by atoms with van der Waals surface area (Å²) >= 11 is 3.45. The van der Waals surface area contributed by atoms with Crippen LogP contribution in [-0.4, -0.2) is 18.4 Å². The van der Waals surface area contributed by atoms with Crippen LogP contribution < -0.4 is 10.2 Å². The molecule has 0 spiro atoms. The van der Waals surface area contributed by atoms with E-state index in [2.05, 4.69) is 28.2 Å². The number of halogens is 1. The smallest absolute Gasteiger partial charge is 0.244 e. The van der Waals surface area contributed by atoms with E-state index in [9.17, 15) is 9.59 Å². The molecule has 2 aromatic rings. The number of benzene rings is 2. The van der Waals surface area contributed by atoms with Crippen LogP contribution in [0.4, 0.5) is 11.4 Å². The number of nitrogens with zero attached hydrogens (tertiary/aromatic N) is 1. The minimum Gasteiger partial charge on any atom is -0.325 e. The van der Waals surface area contributed by atoms with Crippen molar-refractivity contribution in [3.63, 3.8) is 0 Å². The Morgan fingerprint density at radius 3 is 2.83 bits per heavy atom. The standard InChI is InChI=1S/C19H19BrN2O2/c1-2-13-4-3-5-16(10-13)21-18(23)12-22-17-8-7-15(20)11-14(17)6-9-19(22)24/h3-5,7-8,10-11H,2,6,9,12H2,1H3,(H,21,23). The zero-order valence-electron chi connectivity index (χ0n) is 13.5. The Bertz CT molecular complexity index is 789. The molecule has 5 heteroatoms. The van der Waals surface area contributed by atoms with Gasteiger partial charge in [-0.25, -0.2) is 0 Å². The van der Waals surface area contributed by atoms with Crippen LogP contribution >= 0.6 is 15.9 Å². The first-order valence-electron chi connectivity index (χ1n) is 8.04. The summed E-state index contributed by atoms with van der Waals surface area (Å²) in [6.07, 6.45) is 2.06. The molecule has 3 rings (SSSR count). The van der Waals surface area contributed by atoms with E-state index in [0.717, 1.165) is 33.4 Å². The third kappa shape index (κ3) is 3.67. The highest BCUT2D eigenvalue weighted by Gasteiger charge is 2.26. The maximum absolute atomic E-state index is 12.4. The average Bonchev–Trinajstić information content (AvgIpc) is 2.57. The molecule has 0 bridgehead atoms. The molecule has 0 unspecified atom stereocenters. The molecule has 1 aliphatic heterocycles. The molecule has 0 aromatic heterocycles. The molecule has 0 saturated carbocycles. The summed E-state index contributed by atoms with van der Waals surface area (Å²) in [5, 5.41) is 2.88. The van der Waals surface area contributed by atoms with Crippen molar-refractivity contribution in [2.24, 2.45) is 0 Å². The van der Waals surface area contributed by atoms with Crippen molar-refractivity contribution < 1.29 is 9.59 Å². The Morgan fingerprint density at radius 2 is 2.04 bits per heavy atom. The Hall–Kier alpha value is -2.14. The van der Waals surface area contributed by atoms with Crippen molar-refractivity contribution in [3.05, 3.63) is 58.1 Å². The largest absolute Gasteiger partial charge is 0.325 e. The fourth-order valence-corrected chi connectivity index (χ4v) is 3.32. The zero-order chi connectivity index (χ0) is 17.1. The summed E-state index contributed by atoms with van der Waals surface area (Å²) in [7, 11) is 0. The lowest BCUT2D eigenvalue weighted by Crippen LogP contribution is -2.40. The van der Waals surface area contributed by atoms with Crippen molar-refractivity contribution in [3.8, 4) is 0 Å². The molecule has 1 aliphatic rings. The second kappa shape index (κ2) is 7.18. The molecule has 0 aliphatic carbocycles. The molecule has 2 aromatic carbocycles. The molecule has 4 nitrogen and oxygen atoms in total. The Balaban J connectivity index is 1.75. The third-order valence-electron chi connectivity index (χ3n) is 4.16. The number of hydrogen-bond donors (Lipinski definition) is 1. The van der Waals surface area contributed by atoms with Gasteiger partial charge in [-0.3, -0.25) is 9.59 Å². The number of fused-ring (bicyclic) bond motifs is 1. The van der Waals surface area contributed by atoms with Gasteiger partial charge in [0, 0.05) is 22.3 Å². The van der Waals surface area contributed by atoms with Gasteiger partial charge in [-0.05, 0) is 54.3 Å². The lowest BCUT2D eigenvalue weighted by molar-refractivity contribution is -0.121. The van der Waals surface area contributed by atoms with E-state index in [-0.39, 0.29) is 18.4 Å². The van der Waals surface area contributed by atoms with Gasteiger partial charge in [-0.2, -0.15) is 0 Å². The van der Waals surface area contributed by atoms with Crippen LogP contribution in [0.15, 0.2) is 46.9 Å². The van der Waals surface area contributed by atoms with Crippen LogP contribution in [0.2, 0.25) is 0 Å². The molecule has 0 fully saturated rings. The summed E-state index contributed by atoms with van der Waals surface area (Å²) < 4.78 is 0.983. The van der Waals surface area contributed by atoms with Gasteiger partial charge in [-0.15, -0.1) is 0 Å². The molecular weight excluding hydrogens is 368 g/mol. The van der Waals surface area contributed by atoms with Gasteiger partial charge < -0.3 is 10.2 Å². The van der Waals surface area contributed by atoms with E-state index in [1.807, 2.05) is 42.5 Å². The Labute approximate surface area is 150 Å². The first-order chi connectivity index (χ1) is 11.6. The van der Waals surface area contributed by atoms with Gasteiger partial charge in [0.05, 0.1) is 0 Å². The first kappa shape index (κ1) is 16.7. The molecule has 1 heterocycles. The normalized spacial score (nSPS) is 13.6. The van der Waals surface area contributed by atoms with E-state index in [1.54, 1.807) is 4.90 Å². The summed E-state index contributed by atoms with van der Waals surface area (Å²) in [6, 6.07) is 13.6. The van der Waals surface area contributed by atoms with Crippen molar-refractivity contribution in [1.82, 2.24) is 0 Å². The summed E-state index contributed by atoms with van der Waals surface area (Å²) in [4.78, 5) is 26.2. The van der Waals surface area contributed by atoms with E-state index in [1.165, 1.54) is 0 Å². The maximum atomic E-state index is 12.4. The van der Waals surface area contributed by atoms with Crippen molar-refractivity contribution in [2.45, 2.75) is 26.2 Å². The SMILES string of the molecule is CCc1cccc(NC(=O)CN2C(=O)CCc3cc(Br)ccc32)c1. The summed E-state index contributed by atoms with van der Waals surface area (Å²) in [5.74, 6) is -0.199. The summed E-state index contributed by atoms with van der Waals surface area (Å²) in [5.41, 5.74) is 3.84. The van der Waals surface area contributed by atoms with Gasteiger partial charge in [0.1, 0.15) is 6.54 Å². The number of nitrogens with one attached hydrogen (secondary N) is 1. The number of amides is 2. The topological polar surface area (TPSA) is 49.4 Å². The van der Waals surface area contributed by atoms with Crippen molar-refractivity contribution >= 4 is 39.1 Å². The van der Waals surface area contributed by atoms with Crippen LogP contribution in [0.3, 0.4) is 0 Å². The highest BCUT2D eigenvalue weighted by Crippen LogP contribution is 2.30. The van der Waals surface area contributed by atoms with Gasteiger partial charge in [0.2, 0.25) is 11.8 Å². The van der Waals surface area contributed by atoms with Gasteiger partial charge in [-0.1, -0.05) is 35.0 Å². The number of anilines is 2. The fourth-order valence-electron chi connectivity index (χ4n) is 2.92. The minimum atomic E-state index is -0.188. The number of rotatable bonds is 4. The second-order valence-electron chi connectivity index (χ2n) is 5.86. The first-order valence-corrected chi connectivity index (χ1v) is 8.83. The van der Waals surface area contributed by atoms with Crippen LogP contribution in [-0.2, 0) is 22.4 Å². The molecule has 0 atom stereocenters. The van der Waals surface area contributed by atoms with Crippen LogP contribution in [0, 0.1) is 0 Å².